The second-order valence-electron chi connectivity index (χ2n) is 3.95. The van der Waals surface area contributed by atoms with Crippen molar-refractivity contribution in [2.75, 3.05) is 19.8 Å². The van der Waals surface area contributed by atoms with Gasteiger partial charge in [-0.1, -0.05) is 13.3 Å². The maximum Gasteiger partial charge on any atom is 0.211 e. The highest BCUT2D eigenvalue weighted by molar-refractivity contribution is 4.94. The van der Waals surface area contributed by atoms with Crippen molar-refractivity contribution in [2.45, 2.75) is 39.7 Å². The van der Waals surface area contributed by atoms with Gasteiger partial charge in [0.15, 0.2) is 0 Å². The van der Waals surface area contributed by atoms with Gasteiger partial charge in [-0.05, 0) is 20.3 Å². The van der Waals surface area contributed by atoms with E-state index in [0.717, 1.165) is 37.8 Å². The molecule has 0 saturated carbocycles. The number of aryl methyl sites for hydroxylation is 1. The zero-order valence-electron chi connectivity index (χ0n) is 10.5. The molecule has 1 unspecified atom stereocenters. The molecule has 1 atom stereocenters. The molecule has 0 aromatic carbocycles. The summed E-state index contributed by atoms with van der Waals surface area (Å²) in [7, 11) is 0. The third-order valence-electron chi connectivity index (χ3n) is 2.35. The summed E-state index contributed by atoms with van der Waals surface area (Å²) in [6, 6.07) is 0.142. The Morgan fingerprint density at radius 2 is 2.31 bits per heavy atom. The first kappa shape index (κ1) is 13.2. The van der Waals surface area contributed by atoms with E-state index in [-0.39, 0.29) is 6.04 Å². The van der Waals surface area contributed by atoms with Crippen LogP contribution in [-0.2, 0) is 4.74 Å². The number of nitrogens with one attached hydrogen (secondary N) is 1. The second-order valence-corrected chi connectivity index (χ2v) is 3.95. The molecular weight excluding hydrogens is 204 g/mol. The maximum atomic E-state index is 5.45. The highest BCUT2D eigenvalue weighted by atomic mass is 16.5. The molecule has 1 aromatic heterocycles. The molecule has 16 heavy (non-hydrogen) atoms. The first-order valence-electron chi connectivity index (χ1n) is 5.97. The van der Waals surface area contributed by atoms with Crippen LogP contribution in [0.15, 0.2) is 10.6 Å². The monoisotopic (exact) mass is 226 g/mol. The van der Waals surface area contributed by atoms with Crippen molar-refractivity contribution in [3.8, 4) is 0 Å². The topological polar surface area (TPSA) is 47.3 Å². The number of unbranched alkanes of at least 4 members (excludes halogenated alkanes) is 1. The van der Waals surface area contributed by atoms with Crippen LogP contribution in [0.3, 0.4) is 0 Å². The average Bonchev–Trinajstić information content (AvgIpc) is 2.70. The van der Waals surface area contributed by atoms with Crippen LogP contribution in [0.1, 0.15) is 44.4 Å². The van der Waals surface area contributed by atoms with E-state index in [2.05, 4.69) is 17.2 Å². The van der Waals surface area contributed by atoms with Crippen LogP contribution in [0.2, 0.25) is 0 Å². The van der Waals surface area contributed by atoms with Gasteiger partial charge in [0.2, 0.25) is 5.89 Å². The lowest BCUT2D eigenvalue weighted by atomic mass is 10.3. The van der Waals surface area contributed by atoms with Gasteiger partial charge in [-0.15, -0.1) is 0 Å². The lowest BCUT2D eigenvalue weighted by Gasteiger charge is -2.10. The highest BCUT2D eigenvalue weighted by Gasteiger charge is 2.09. The number of hydrogen-bond acceptors (Lipinski definition) is 4. The molecule has 1 heterocycles. The minimum atomic E-state index is 0.142. The summed E-state index contributed by atoms with van der Waals surface area (Å²) < 4.78 is 10.9. The first-order chi connectivity index (χ1) is 7.74. The zero-order chi connectivity index (χ0) is 11.8. The van der Waals surface area contributed by atoms with Gasteiger partial charge in [0.05, 0.1) is 18.8 Å². The molecule has 0 spiro atoms. The molecule has 4 nitrogen and oxygen atoms in total. The van der Waals surface area contributed by atoms with Crippen LogP contribution >= 0.6 is 0 Å². The predicted octanol–water partition coefficient (Wildman–Crippen LogP) is 2.45. The van der Waals surface area contributed by atoms with E-state index in [9.17, 15) is 0 Å². The van der Waals surface area contributed by atoms with Gasteiger partial charge >= 0.3 is 0 Å². The van der Waals surface area contributed by atoms with Crippen molar-refractivity contribution in [1.82, 2.24) is 10.3 Å². The summed E-state index contributed by atoms with van der Waals surface area (Å²) in [5, 5.41) is 3.31. The summed E-state index contributed by atoms with van der Waals surface area (Å²) in [6.45, 7) is 8.52. The highest BCUT2D eigenvalue weighted by Crippen LogP contribution is 2.11. The van der Waals surface area contributed by atoms with Crippen LogP contribution in [0.25, 0.3) is 0 Å². The molecule has 0 bridgehead atoms. The molecule has 0 aliphatic heterocycles. The molecule has 0 radical (unpaired) electrons. The van der Waals surface area contributed by atoms with Crippen LogP contribution in [0.5, 0.6) is 0 Å². The fourth-order valence-corrected chi connectivity index (χ4v) is 1.36. The quantitative estimate of drug-likeness (QED) is 0.692. The van der Waals surface area contributed by atoms with Crippen LogP contribution in [0.4, 0.5) is 0 Å². The summed E-state index contributed by atoms with van der Waals surface area (Å²) in [5.41, 5.74) is 0. The van der Waals surface area contributed by atoms with Gasteiger partial charge in [-0.3, -0.25) is 0 Å². The number of oxazole rings is 1. The van der Waals surface area contributed by atoms with Crippen LogP contribution < -0.4 is 5.32 Å². The number of ether oxygens (including phenoxy) is 1. The van der Waals surface area contributed by atoms with E-state index in [0.29, 0.717) is 0 Å². The number of aromatic nitrogens is 1. The molecule has 0 saturated heterocycles. The minimum absolute atomic E-state index is 0.142. The Morgan fingerprint density at radius 1 is 1.50 bits per heavy atom. The van der Waals surface area contributed by atoms with Crippen molar-refractivity contribution in [3.05, 3.63) is 17.8 Å². The van der Waals surface area contributed by atoms with Gasteiger partial charge in [0.1, 0.15) is 5.76 Å². The molecule has 0 fully saturated rings. The zero-order valence-corrected chi connectivity index (χ0v) is 10.5. The van der Waals surface area contributed by atoms with E-state index in [1.807, 2.05) is 13.8 Å². The third kappa shape index (κ3) is 4.77. The maximum absolute atomic E-state index is 5.45. The molecule has 1 N–H and O–H groups in total. The number of hydrogen-bond donors (Lipinski definition) is 1. The standard InChI is InChI=1S/C12H22N2O2/c1-4-5-7-15-8-6-13-11(3)12-14-9-10(2)16-12/h9,11,13H,4-8H2,1-3H3. The summed E-state index contributed by atoms with van der Waals surface area (Å²) in [6.07, 6.45) is 4.05. The molecular formula is C12H22N2O2. The minimum Gasteiger partial charge on any atom is -0.444 e. The summed E-state index contributed by atoms with van der Waals surface area (Å²) in [5.74, 6) is 1.59. The lowest BCUT2D eigenvalue weighted by molar-refractivity contribution is 0.130. The van der Waals surface area contributed by atoms with E-state index in [4.69, 9.17) is 9.15 Å². The molecule has 0 aliphatic rings. The Kier molecular flexibility index (Phi) is 6.11. The van der Waals surface area contributed by atoms with Crippen molar-refractivity contribution >= 4 is 0 Å². The fraction of sp³-hybridized carbons (Fsp3) is 0.750. The average molecular weight is 226 g/mol. The van der Waals surface area contributed by atoms with Gasteiger partial charge in [-0.25, -0.2) is 4.98 Å². The van der Waals surface area contributed by atoms with E-state index < -0.39 is 0 Å². The van der Waals surface area contributed by atoms with Crippen LogP contribution in [0, 0.1) is 6.92 Å². The number of nitrogens with zero attached hydrogens (tertiary/aromatic N) is 1. The van der Waals surface area contributed by atoms with Gasteiger partial charge < -0.3 is 14.5 Å². The second kappa shape index (κ2) is 7.41. The van der Waals surface area contributed by atoms with Crippen molar-refractivity contribution in [2.24, 2.45) is 0 Å². The van der Waals surface area contributed by atoms with E-state index in [1.54, 1.807) is 6.20 Å². The summed E-state index contributed by atoms with van der Waals surface area (Å²) in [4.78, 5) is 4.17. The van der Waals surface area contributed by atoms with E-state index in [1.165, 1.54) is 6.42 Å². The third-order valence-corrected chi connectivity index (χ3v) is 2.35. The Balaban J connectivity index is 2.09. The molecule has 0 aliphatic carbocycles. The Labute approximate surface area is 97.4 Å². The lowest BCUT2D eigenvalue weighted by Crippen LogP contribution is -2.23. The predicted molar refractivity (Wildman–Crippen MR) is 63.4 cm³/mol. The molecule has 1 rings (SSSR count). The fourth-order valence-electron chi connectivity index (χ4n) is 1.36. The first-order valence-corrected chi connectivity index (χ1v) is 5.97. The Morgan fingerprint density at radius 3 is 2.94 bits per heavy atom. The van der Waals surface area contributed by atoms with Gasteiger partial charge in [-0.2, -0.15) is 0 Å². The normalized spacial score (nSPS) is 12.9. The van der Waals surface area contributed by atoms with E-state index >= 15 is 0 Å². The van der Waals surface area contributed by atoms with Crippen molar-refractivity contribution in [3.63, 3.8) is 0 Å². The number of rotatable bonds is 8. The van der Waals surface area contributed by atoms with Crippen molar-refractivity contribution < 1.29 is 9.15 Å². The van der Waals surface area contributed by atoms with Gasteiger partial charge in [0, 0.05) is 13.2 Å². The van der Waals surface area contributed by atoms with Crippen molar-refractivity contribution in [1.29, 1.82) is 0 Å². The Bertz CT molecular complexity index is 286. The Hall–Kier alpha value is -0.870. The molecule has 1 aromatic rings. The van der Waals surface area contributed by atoms with Gasteiger partial charge in [0.25, 0.3) is 0 Å². The van der Waals surface area contributed by atoms with Crippen LogP contribution in [-0.4, -0.2) is 24.7 Å². The SMILES string of the molecule is CCCCOCCNC(C)c1ncc(C)o1. The summed E-state index contributed by atoms with van der Waals surface area (Å²) >= 11 is 0. The molecule has 0 amide bonds. The smallest absolute Gasteiger partial charge is 0.211 e. The molecule has 4 heteroatoms. The largest absolute Gasteiger partial charge is 0.444 e. The molecule has 92 valence electrons.